The van der Waals surface area contributed by atoms with Gasteiger partial charge in [0.2, 0.25) is 0 Å². The summed E-state index contributed by atoms with van der Waals surface area (Å²) in [6.45, 7) is 4.42. The van der Waals surface area contributed by atoms with Crippen LogP contribution in [0.25, 0.3) is 0 Å². The van der Waals surface area contributed by atoms with E-state index in [2.05, 4.69) is 48.0 Å². The molecular weight excluding hydrogens is 286 g/mol. The maximum Gasteiger partial charge on any atom is 0.0334 e. The first-order chi connectivity index (χ1) is 8.61. The third-order valence-corrected chi connectivity index (χ3v) is 5.11. The number of benzene rings is 1. The van der Waals surface area contributed by atoms with Gasteiger partial charge < -0.3 is 5.73 Å². The van der Waals surface area contributed by atoms with Crippen molar-refractivity contribution in [2.75, 3.05) is 0 Å². The number of nitrogens with two attached hydrogens (primary N) is 1. The summed E-state index contributed by atoms with van der Waals surface area (Å²) in [5.74, 6) is 1.54. The number of aryl methyl sites for hydroxylation is 1. The minimum absolute atomic E-state index is 0.189. The Morgan fingerprint density at radius 1 is 1.39 bits per heavy atom. The Hall–Kier alpha value is -0.340. The molecule has 1 aliphatic rings. The highest BCUT2D eigenvalue weighted by Crippen LogP contribution is 2.39. The smallest absolute Gasteiger partial charge is 0.0334 e. The molecule has 0 saturated heterocycles. The van der Waals surface area contributed by atoms with E-state index < -0.39 is 0 Å². The number of hydrogen-bond donors (Lipinski definition) is 1. The molecule has 0 spiro atoms. The van der Waals surface area contributed by atoms with Crippen LogP contribution in [0.4, 0.5) is 0 Å². The van der Waals surface area contributed by atoms with E-state index in [-0.39, 0.29) is 6.04 Å². The standard InChI is InChI=1S/C16H24BrN/c1-3-12-5-4-6-13(10-12)16(18)14-8-7-11(2)9-15(14)17/h7-9,12-13,16H,3-6,10,18H2,1-2H3. The van der Waals surface area contributed by atoms with Gasteiger partial charge in [0.05, 0.1) is 0 Å². The summed E-state index contributed by atoms with van der Waals surface area (Å²) in [5.41, 5.74) is 9.07. The molecule has 0 aromatic heterocycles. The Bertz CT molecular complexity index is 402. The average Bonchev–Trinajstić information content (AvgIpc) is 2.38. The monoisotopic (exact) mass is 309 g/mol. The summed E-state index contributed by atoms with van der Waals surface area (Å²) in [4.78, 5) is 0. The maximum atomic E-state index is 6.51. The predicted octanol–water partition coefficient (Wildman–Crippen LogP) is 4.97. The van der Waals surface area contributed by atoms with E-state index in [4.69, 9.17) is 5.73 Å². The molecule has 1 saturated carbocycles. The van der Waals surface area contributed by atoms with Gasteiger partial charge in [-0.2, -0.15) is 0 Å². The van der Waals surface area contributed by atoms with Gasteiger partial charge in [0, 0.05) is 10.5 Å². The minimum atomic E-state index is 0.189. The van der Waals surface area contributed by atoms with Gasteiger partial charge in [-0.3, -0.25) is 0 Å². The first-order valence-corrected chi connectivity index (χ1v) is 7.92. The fraction of sp³-hybridized carbons (Fsp3) is 0.625. The van der Waals surface area contributed by atoms with Gasteiger partial charge >= 0.3 is 0 Å². The molecule has 18 heavy (non-hydrogen) atoms. The summed E-state index contributed by atoms with van der Waals surface area (Å²) < 4.78 is 1.17. The second-order valence-corrected chi connectivity index (χ2v) is 6.61. The van der Waals surface area contributed by atoms with Gasteiger partial charge in [-0.15, -0.1) is 0 Å². The molecule has 0 heterocycles. The zero-order chi connectivity index (χ0) is 13.1. The first-order valence-electron chi connectivity index (χ1n) is 7.13. The minimum Gasteiger partial charge on any atom is -0.324 e. The Balaban J connectivity index is 2.12. The van der Waals surface area contributed by atoms with Gasteiger partial charge in [-0.1, -0.05) is 54.2 Å². The van der Waals surface area contributed by atoms with Crippen LogP contribution in [0.3, 0.4) is 0 Å². The van der Waals surface area contributed by atoms with E-state index >= 15 is 0 Å². The van der Waals surface area contributed by atoms with Crippen LogP contribution in [0.2, 0.25) is 0 Å². The summed E-state index contributed by atoms with van der Waals surface area (Å²) in [5, 5.41) is 0. The third-order valence-electron chi connectivity index (χ3n) is 4.42. The van der Waals surface area contributed by atoms with Gasteiger partial charge in [0.1, 0.15) is 0 Å². The maximum absolute atomic E-state index is 6.51. The molecule has 3 atom stereocenters. The molecule has 1 fully saturated rings. The highest BCUT2D eigenvalue weighted by molar-refractivity contribution is 9.10. The Morgan fingerprint density at radius 3 is 2.83 bits per heavy atom. The lowest BCUT2D eigenvalue weighted by Gasteiger charge is -2.33. The molecule has 0 aliphatic heterocycles. The fourth-order valence-corrected chi connectivity index (χ4v) is 3.94. The molecule has 1 nitrogen and oxygen atoms in total. The Labute approximate surface area is 119 Å². The molecule has 2 N–H and O–H groups in total. The average molecular weight is 310 g/mol. The van der Waals surface area contributed by atoms with Crippen LogP contribution in [-0.2, 0) is 0 Å². The highest BCUT2D eigenvalue weighted by atomic mass is 79.9. The lowest BCUT2D eigenvalue weighted by atomic mass is 9.75. The van der Waals surface area contributed by atoms with Crippen LogP contribution in [0.5, 0.6) is 0 Å². The lowest BCUT2D eigenvalue weighted by molar-refractivity contribution is 0.230. The number of hydrogen-bond acceptors (Lipinski definition) is 1. The van der Waals surface area contributed by atoms with Crippen molar-refractivity contribution in [1.29, 1.82) is 0 Å². The molecule has 1 aromatic carbocycles. The van der Waals surface area contributed by atoms with Crippen LogP contribution >= 0.6 is 15.9 Å². The Kier molecular flexibility index (Phi) is 4.85. The van der Waals surface area contributed by atoms with Crippen LogP contribution in [-0.4, -0.2) is 0 Å². The van der Waals surface area contributed by atoms with E-state index in [9.17, 15) is 0 Å². The van der Waals surface area contributed by atoms with Gasteiger partial charge in [-0.25, -0.2) is 0 Å². The second kappa shape index (κ2) is 6.21. The van der Waals surface area contributed by atoms with E-state index in [0.717, 1.165) is 5.92 Å². The molecule has 0 amide bonds. The number of rotatable bonds is 3. The van der Waals surface area contributed by atoms with Crippen molar-refractivity contribution in [3.63, 3.8) is 0 Å². The molecule has 3 unspecified atom stereocenters. The summed E-state index contributed by atoms with van der Waals surface area (Å²) >= 11 is 3.67. The molecule has 1 aliphatic carbocycles. The van der Waals surface area contributed by atoms with Crippen LogP contribution in [0.15, 0.2) is 22.7 Å². The molecule has 2 heteroatoms. The summed E-state index contributed by atoms with van der Waals surface area (Å²) in [6.07, 6.45) is 6.64. The molecule has 0 bridgehead atoms. The molecule has 2 rings (SSSR count). The topological polar surface area (TPSA) is 26.0 Å². The summed E-state index contributed by atoms with van der Waals surface area (Å²) in [7, 11) is 0. The van der Waals surface area contributed by atoms with Crippen molar-refractivity contribution >= 4 is 15.9 Å². The van der Waals surface area contributed by atoms with Crippen molar-refractivity contribution in [2.24, 2.45) is 17.6 Å². The van der Waals surface area contributed by atoms with Crippen LogP contribution in [0, 0.1) is 18.8 Å². The first kappa shape index (κ1) is 14.1. The van der Waals surface area contributed by atoms with E-state index in [0.29, 0.717) is 5.92 Å². The van der Waals surface area contributed by atoms with E-state index in [1.54, 1.807) is 0 Å². The van der Waals surface area contributed by atoms with E-state index in [1.165, 1.54) is 47.7 Å². The van der Waals surface area contributed by atoms with Crippen molar-refractivity contribution < 1.29 is 0 Å². The van der Waals surface area contributed by atoms with Crippen LogP contribution in [0.1, 0.15) is 56.2 Å². The molecular formula is C16H24BrN. The van der Waals surface area contributed by atoms with Gasteiger partial charge in [0.15, 0.2) is 0 Å². The molecule has 1 aromatic rings. The Morgan fingerprint density at radius 2 is 2.17 bits per heavy atom. The van der Waals surface area contributed by atoms with Crippen molar-refractivity contribution in [2.45, 2.75) is 52.0 Å². The highest BCUT2D eigenvalue weighted by Gasteiger charge is 2.27. The van der Waals surface area contributed by atoms with E-state index in [1.807, 2.05) is 0 Å². The van der Waals surface area contributed by atoms with Crippen molar-refractivity contribution in [3.05, 3.63) is 33.8 Å². The SMILES string of the molecule is CCC1CCCC(C(N)c2ccc(C)cc2Br)C1. The predicted molar refractivity (Wildman–Crippen MR) is 81.5 cm³/mol. The quantitative estimate of drug-likeness (QED) is 0.837. The van der Waals surface area contributed by atoms with Gasteiger partial charge in [-0.05, 0) is 48.8 Å². The summed E-state index contributed by atoms with van der Waals surface area (Å²) in [6, 6.07) is 6.73. The van der Waals surface area contributed by atoms with Crippen molar-refractivity contribution in [3.8, 4) is 0 Å². The normalized spacial score (nSPS) is 26.0. The van der Waals surface area contributed by atoms with Gasteiger partial charge in [0.25, 0.3) is 0 Å². The third kappa shape index (κ3) is 3.16. The number of halogens is 1. The molecule has 0 radical (unpaired) electrons. The second-order valence-electron chi connectivity index (χ2n) is 5.75. The lowest BCUT2D eigenvalue weighted by Crippen LogP contribution is -2.27. The molecule has 100 valence electrons. The zero-order valence-electron chi connectivity index (χ0n) is 11.5. The van der Waals surface area contributed by atoms with Crippen molar-refractivity contribution in [1.82, 2.24) is 0 Å². The zero-order valence-corrected chi connectivity index (χ0v) is 13.0. The fourth-order valence-electron chi connectivity index (χ4n) is 3.19. The van der Waals surface area contributed by atoms with Crippen LogP contribution < -0.4 is 5.73 Å². The largest absolute Gasteiger partial charge is 0.324 e.